The van der Waals surface area contributed by atoms with E-state index in [1.54, 1.807) is 0 Å². The predicted octanol–water partition coefficient (Wildman–Crippen LogP) is -1.93. The van der Waals surface area contributed by atoms with Crippen molar-refractivity contribution in [2.24, 2.45) is 0 Å². The summed E-state index contributed by atoms with van der Waals surface area (Å²) in [4.78, 5) is 0. The maximum atomic E-state index is 11.5. The molecule has 0 N–H and O–H groups in total. The second-order valence-electron chi connectivity index (χ2n) is 2.36. The summed E-state index contributed by atoms with van der Waals surface area (Å²) in [6.07, 6.45) is 2.09. The van der Waals surface area contributed by atoms with Crippen LogP contribution in [0.3, 0.4) is 0 Å². The van der Waals surface area contributed by atoms with Crippen LogP contribution in [0.25, 0.3) is 0 Å². The van der Waals surface area contributed by atoms with Crippen LogP contribution in [0.2, 0.25) is 0 Å². The second-order valence-corrected chi connectivity index (χ2v) is 3.89. The third kappa shape index (κ3) is 13.1. The average molecular weight is 190 g/mol. The van der Waals surface area contributed by atoms with Crippen molar-refractivity contribution >= 4 is 10.1 Å². The molecule has 12 heavy (non-hydrogen) atoms. The van der Waals surface area contributed by atoms with Gasteiger partial charge in [-0.3, -0.25) is 4.39 Å². The van der Waals surface area contributed by atoms with Crippen LogP contribution in [0, 0.1) is 0 Å². The zero-order valence-corrected chi connectivity index (χ0v) is 8.07. The summed E-state index contributed by atoms with van der Waals surface area (Å²) in [5.74, 6) is -0.320. The summed E-state index contributed by atoms with van der Waals surface area (Å²) < 4.78 is 41.6. The Hall–Kier alpha value is 0.437. The van der Waals surface area contributed by atoms with E-state index >= 15 is 0 Å². The van der Waals surface area contributed by atoms with Gasteiger partial charge < -0.3 is 4.55 Å². The molecule has 0 unspecified atom stereocenters. The van der Waals surface area contributed by atoms with E-state index in [9.17, 15) is 17.4 Å². The van der Waals surface area contributed by atoms with Gasteiger partial charge in [0.1, 0.15) is 0 Å². The van der Waals surface area contributed by atoms with Gasteiger partial charge in [-0.2, -0.15) is 0 Å². The van der Waals surface area contributed by atoms with Crippen LogP contribution in [-0.2, 0) is 10.1 Å². The number of hydrogen-bond acceptors (Lipinski definition) is 3. The Bertz CT molecular complexity index is 181. The second kappa shape index (κ2) is 8.05. The van der Waals surface area contributed by atoms with Crippen molar-refractivity contribution in [3.8, 4) is 0 Å². The molecule has 0 radical (unpaired) electrons. The van der Waals surface area contributed by atoms with Gasteiger partial charge in [-0.1, -0.05) is 12.8 Å². The smallest absolute Gasteiger partial charge is 0.748 e. The van der Waals surface area contributed by atoms with Gasteiger partial charge in [-0.15, -0.1) is 0 Å². The van der Waals surface area contributed by atoms with E-state index in [4.69, 9.17) is 0 Å². The average Bonchev–Trinajstić information content (AvgIpc) is 1.85. The fourth-order valence-electron chi connectivity index (χ4n) is 0.727. The zero-order chi connectivity index (χ0) is 8.74. The molecule has 0 fully saturated rings. The zero-order valence-electron chi connectivity index (χ0n) is 7.25. The van der Waals surface area contributed by atoms with E-state index in [0.717, 1.165) is 0 Å². The molecule has 0 aliphatic rings. The first-order valence-corrected chi connectivity index (χ1v) is 5.13. The number of rotatable bonds is 6. The molecule has 0 rings (SSSR count). The van der Waals surface area contributed by atoms with Crippen LogP contribution in [0.15, 0.2) is 0 Å². The Morgan fingerprint density at radius 2 is 1.58 bits per heavy atom. The van der Waals surface area contributed by atoms with Crippen molar-refractivity contribution in [3.63, 3.8) is 0 Å². The molecule has 0 aliphatic heterocycles. The molecule has 68 valence electrons. The monoisotopic (exact) mass is 190 g/mol. The topological polar surface area (TPSA) is 57.2 Å². The molecular weight excluding hydrogens is 178 g/mol. The Labute approximate surface area is 84.7 Å². The van der Waals surface area contributed by atoms with Crippen molar-refractivity contribution < 1.29 is 36.2 Å². The molecule has 0 amide bonds. The normalized spacial score (nSPS) is 10.8. The molecule has 0 aromatic carbocycles. The first-order valence-electron chi connectivity index (χ1n) is 3.56. The van der Waals surface area contributed by atoms with Crippen LogP contribution in [-0.4, -0.2) is 25.4 Å². The SMILES string of the molecule is O=S(=O)([O-])CCCCCCF.[Li+]. The first kappa shape index (κ1) is 14.9. The molecule has 0 atom stereocenters. The Kier molecular flexibility index (Phi) is 10.0. The molecule has 0 spiro atoms. The molecule has 0 aromatic heterocycles. The standard InChI is InChI=1S/C6H13FO3S.Li/c7-5-3-1-2-4-6-11(8,9)10;/h1-6H2,(H,8,9,10);/q;+1/p-1. The number of halogens is 1. The fourth-order valence-corrected chi connectivity index (χ4v) is 1.28. The molecule has 0 saturated heterocycles. The third-order valence-electron chi connectivity index (χ3n) is 1.28. The van der Waals surface area contributed by atoms with E-state index in [0.29, 0.717) is 25.7 Å². The van der Waals surface area contributed by atoms with E-state index in [2.05, 4.69) is 0 Å². The molecule has 0 saturated carbocycles. The minimum atomic E-state index is -4.06. The summed E-state index contributed by atoms with van der Waals surface area (Å²) in [7, 11) is -4.06. The first-order chi connectivity index (χ1) is 5.06. The fraction of sp³-hybridized carbons (Fsp3) is 1.00. The molecular formula is C6H12FLiO3S. The third-order valence-corrected chi connectivity index (χ3v) is 2.07. The van der Waals surface area contributed by atoms with E-state index in [-0.39, 0.29) is 31.3 Å². The van der Waals surface area contributed by atoms with Crippen LogP contribution in [0.5, 0.6) is 0 Å². The number of unbranched alkanes of at least 4 members (excludes halogenated alkanes) is 3. The van der Waals surface area contributed by atoms with Gasteiger partial charge in [0.05, 0.1) is 16.8 Å². The van der Waals surface area contributed by atoms with Crippen LogP contribution >= 0.6 is 0 Å². The van der Waals surface area contributed by atoms with Gasteiger partial charge in [-0.05, 0) is 12.8 Å². The predicted molar refractivity (Wildman–Crippen MR) is 39.0 cm³/mol. The Morgan fingerprint density at radius 3 is 2.00 bits per heavy atom. The van der Waals surface area contributed by atoms with Crippen LogP contribution < -0.4 is 18.9 Å². The maximum Gasteiger partial charge on any atom is 1.00 e. The molecule has 0 aliphatic carbocycles. The van der Waals surface area contributed by atoms with Crippen molar-refractivity contribution in [2.75, 3.05) is 12.4 Å². The summed E-state index contributed by atoms with van der Waals surface area (Å²) in [5, 5.41) is 0. The van der Waals surface area contributed by atoms with Crippen molar-refractivity contribution in [2.45, 2.75) is 25.7 Å². The Balaban J connectivity index is 0. The molecule has 3 nitrogen and oxygen atoms in total. The summed E-state index contributed by atoms with van der Waals surface area (Å²) in [6, 6.07) is 0. The van der Waals surface area contributed by atoms with Crippen molar-refractivity contribution in [3.05, 3.63) is 0 Å². The number of hydrogen-bond donors (Lipinski definition) is 0. The van der Waals surface area contributed by atoms with Gasteiger partial charge in [0.2, 0.25) is 0 Å². The summed E-state index contributed by atoms with van der Waals surface area (Å²) >= 11 is 0. The molecule has 0 aromatic rings. The molecule has 6 heteroatoms. The van der Waals surface area contributed by atoms with Gasteiger partial charge in [0.15, 0.2) is 0 Å². The van der Waals surface area contributed by atoms with Crippen LogP contribution in [0.1, 0.15) is 25.7 Å². The largest absolute Gasteiger partial charge is 1.00 e. The van der Waals surface area contributed by atoms with E-state index in [1.165, 1.54) is 0 Å². The minimum absolute atomic E-state index is 0. The van der Waals surface area contributed by atoms with Crippen molar-refractivity contribution in [1.29, 1.82) is 0 Å². The Morgan fingerprint density at radius 1 is 1.08 bits per heavy atom. The quantitative estimate of drug-likeness (QED) is 0.278. The van der Waals surface area contributed by atoms with Crippen molar-refractivity contribution in [1.82, 2.24) is 0 Å². The number of alkyl halides is 1. The summed E-state index contributed by atoms with van der Waals surface area (Å²) in [6.45, 7) is -0.371. The van der Waals surface area contributed by atoms with Gasteiger partial charge >= 0.3 is 18.9 Å². The summed E-state index contributed by atoms with van der Waals surface area (Å²) in [5.41, 5.74) is 0. The van der Waals surface area contributed by atoms with Gasteiger partial charge in [0.25, 0.3) is 0 Å². The maximum absolute atomic E-state index is 11.5. The van der Waals surface area contributed by atoms with E-state index < -0.39 is 10.1 Å². The van der Waals surface area contributed by atoms with Gasteiger partial charge in [-0.25, -0.2) is 8.42 Å². The van der Waals surface area contributed by atoms with Gasteiger partial charge in [0, 0.05) is 5.75 Å². The van der Waals surface area contributed by atoms with E-state index in [1.807, 2.05) is 0 Å². The van der Waals surface area contributed by atoms with Crippen LogP contribution in [0.4, 0.5) is 4.39 Å². The minimum Gasteiger partial charge on any atom is -0.748 e. The molecule has 0 bridgehead atoms. The molecule has 0 heterocycles.